The number of hydrogen-bond acceptors (Lipinski definition) is 4. The molecule has 0 radical (unpaired) electrons. The highest BCUT2D eigenvalue weighted by atomic mass is 16.5. The summed E-state index contributed by atoms with van der Waals surface area (Å²) in [5, 5.41) is 3.55. The van der Waals surface area contributed by atoms with Crippen molar-refractivity contribution in [2.24, 2.45) is 0 Å². The molecule has 1 aliphatic heterocycles. The average Bonchev–Trinajstić information content (AvgIpc) is 2.45. The number of aryl methyl sites for hydroxylation is 1. The molecule has 4 nitrogen and oxygen atoms in total. The van der Waals surface area contributed by atoms with Gasteiger partial charge in [0.25, 0.3) is 0 Å². The number of aromatic nitrogens is 2. The molecule has 1 N–H and O–H groups in total. The van der Waals surface area contributed by atoms with Gasteiger partial charge in [-0.25, -0.2) is 9.97 Å². The molecule has 98 valence electrons. The van der Waals surface area contributed by atoms with Gasteiger partial charge in [-0.15, -0.1) is 0 Å². The van der Waals surface area contributed by atoms with Crippen LogP contribution >= 0.6 is 0 Å². The topological polar surface area (TPSA) is 47.0 Å². The maximum Gasteiger partial charge on any atom is 0.125 e. The number of benzene rings is 1. The van der Waals surface area contributed by atoms with Crippen molar-refractivity contribution in [2.45, 2.75) is 25.9 Å². The minimum Gasteiger partial charge on any atom is -0.493 e. The second kappa shape index (κ2) is 5.36. The minimum absolute atomic E-state index is 0.334. The molecule has 0 saturated heterocycles. The van der Waals surface area contributed by atoms with Gasteiger partial charge in [0.15, 0.2) is 0 Å². The number of ether oxygens (including phenoxy) is 1. The molecular formula is C15H17N3O. The fraction of sp³-hybridized carbons (Fsp3) is 0.333. The number of hydrogen-bond donors (Lipinski definition) is 1. The van der Waals surface area contributed by atoms with E-state index in [9.17, 15) is 0 Å². The molecule has 1 aromatic heterocycles. The molecule has 0 fully saturated rings. The van der Waals surface area contributed by atoms with Gasteiger partial charge < -0.3 is 10.1 Å². The Morgan fingerprint density at radius 1 is 1.32 bits per heavy atom. The molecule has 0 bridgehead atoms. The van der Waals surface area contributed by atoms with E-state index < -0.39 is 0 Å². The quantitative estimate of drug-likeness (QED) is 0.915. The van der Waals surface area contributed by atoms with E-state index in [1.807, 2.05) is 25.1 Å². The van der Waals surface area contributed by atoms with Gasteiger partial charge in [-0.3, -0.25) is 0 Å². The zero-order valence-corrected chi connectivity index (χ0v) is 11.0. The molecule has 1 unspecified atom stereocenters. The summed E-state index contributed by atoms with van der Waals surface area (Å²) in [6, 6.07) is 10.5. The molecule has 0 spiro atoms. The van der Waals surface area contributed by atoms with E-state index in [1.165, 1.54) is 5.56 Å². The summed E-state index contributed by atoms with van der Waals surface area (Å²) in [5.74, 6) is 1.80. The van der Waals surface area contributed by atoms with Crippen LogP contribution in [0.2, 0.25) is 0 Å². The average molecular weight is 255 g/mol. The fourth-order valence-electron chi connectivity index (χ4n) is 2.39. The first-order valence-corrected chi connectivity index (χ1v) is 6.56. The number of rotatable bonds is 3. The largest absolute Gasteiger partial charge is 0.493 e. The summed E-state index contributed by atoms with van der Waals surface area (Å²) in [4.78, 5) is 8.52. The zero-order chi connectivity index (χ0) is 13.1. The van der Waals surface area contributed by atoms with E-state index in [-0.39, 0.29) is 0 Å². The molecule has 2 aromatic rings. The van der Waals surface area contributed by atoms with Crippen molar-refractivity contribution in [3.05, 3.63) is 53.6 Å². The molecule has 4 heteroatoms. The number of nitrogens with one attached hydrogen (secondary N) is 1. The highest BCUT2D eigenvalue weighted by molar-refractivity contribution is 5.37. The first-order valence-electron chi connectivity index (χ1n) is 6.56. The molecule has 1 aromatic carbocycles. The lowest BCUT2D eigenvalue weighted by molar-refractivity contribution is 0.252. The third-order valence-electron chi connectivity index (χ3n) is 3.32. The van der Waals surface area contributed by atoms with Crippen LogP contribution in [0.3, 0.4) is 0 Å². The normalized spacial score (nSPS) is 17.6. The predicted molar refractivity (Wildman–Crippen MR) is 72.9 cm³/mol. The molecule has 3 rings (SSSR count). The van der Waals surface area contributed by atoms with E-state index in [4.69, 9.17) is 4.74 Å². The second-order valence-electron chi connectivity index (χ2n) is 4.70. The van der Waals surface area contributed by atoms with E-state index in [0.717, 1.165) is 36.8 Å². The van der Waals surface area contributed by atoms with Crippen molar-refractivity contribution in [1.29, 1.82) is 0 Å². The van der Waals surface area contributed by atoms with Crippen molar-refractivity contribution in [2.75, 3.05) is 6.61 Å². The van der Waals surface area contributed by atoms with E-state index in [0.29, 0.717) is 6.04 Å². The molecular weight excluding hydrogens is 238 g/mol. The van der Waals surface area contributed by atoms with Gasteiger partial charge >= 0.3 is 0 Å². The van der Waals surface area contributed by atoms with Crippen molar-refractivity contribution in [3.63, 3.8) is 0 Å². The third-order valence-corrected chi connectivity index (χ3v) is 3.32. The fourth-order valence-corrected chi connectivity index (χ4v) is 2.39. The standard InChI is InChI=1S/C15H17N3O/c1-11-16-8-6-12(18-11)10-17-14-7-9-19-15-5-3-2-4-13(14)15/h2-6,8,14,17H,7,9-10H2,1H3. The summed E-state index contributed by atoms with van der Waals surface area (Å²) in [5.41, 5.74) is 2.26. The first-order chi connectivity index (χ1) is 9.33. The van der Waals surface area contributed by atoms with Gasteiger partial charge in [0.2, 0.25) is 0 Å². The molecule has 19 heavy (non-hydrogen) atoms. The van der Waals surface area contributed by atoms with E-state index in [1.54, 1.807) is 6.20 Å². The van der Waals surface area contributed by atoms with Gasteiger partial charge in [0, 0.05) is 30.8 Å². The van der Waals surface area contributed by atoms with Crippen LogP contribution in [0.25, 0.3) is 0 Å². The van der Waals surface area contributed by atoms with Crippen LogP contribution in [0, 0.1) is 6.92 Å². The van der Waals surface area contributed by atoms with E-state index in [2.05, 4.69) is 27.4 Å². The second-order valence-corrected chi connectivity index (χ2v) is 4.70. The summed E-state index contributed by atoms with van der Waals surface area (Å²) in [6.45, 7) is 3.42. The summed E-state index contributed by atoms with van der Waals surface area (Å²) < 4.78 is 5.66. The SMILES string of the molecule is Cc1nccc(CNC2CCOc3ccccc32)n1. The van der Waals surface area contributed by atoms with Gasteiger partial charge in [0.1, 0.15) is 11.6 Å². The lowest BCUT2D eigenvalue weighted by Crippen LogP contribution is -2.27. The minimum atomic E-state index is 0.334. The van der Waals surface area contributed by atoms with Gasteiger partial charge in [-0.1, -0.05) is 18.2 Å². The van der Waals surface area contributed by atoms with Crippen molar-refractivity contribution < 1.29 is 4.74 Å². The van der Waals surface area contributed by atoms with E-state index >= 15 is 0 Å². The molecule has 0 saturated carbocycles. The van der Waals surface area contributed by atoms with Crippen LogP contribution in [-0.4, -0.2) is 16.6 Å². The first kappa shape index (κ1) is 12.1. The summed E-state index contributed by atoms with van der Waals surface area (Å²) in [6.07, 6.45) is 2.79. The highest BCUT2D eigenvalue weighted by Crippen LogP contribution is 2.31. The summed E-state index contributed by atoms with van der Waals surface area (Å²) >= 11 is 0. The Kier molecular flexibility index (Phi) is 3.42. The molecule has 1 atom stereocenters. The number of para-hydroxylation sites is 1. The van der Waals surface area contributed by atoms with Gasteiger partial charge in [-0.2, -0.15) is 0 Å². The predicted octanol–water partition coefficient (Wildman–Crippen LogP) is 2.40. The lowest BCUT2D eigenvalue weighted by Gasteiger charge is -2.26. The Balaban J connectivity index is 1.71. The highest BCUT2D eigenvalue weighted by Gasteiger charge is 2.20. The Labute approximate surface area is 112 Å². The van der Waals surface area contributed by atoms with Crippen molar-refractivity contribution in [3.8, 4) is 5.75 Å². The maximum atomic E-state index is 5.66. The third kappa shape index (κ3) is 2.74. The van der Waals surface area contributed by atoms with Crippen LogP contribution in [-0.2, 0) is 6.54 Å². The Morgan fingerprint density at radius 2 is 2.21 bits per heavy atom. The maximum absolute atomic E-state index is 5.66. The molecule has 1 aliphatic rings. The van der Waals surface area contributed by atoms with Crippen molar-refractivity contribution >= 4 is 0 Å². The van der Waals surface area contributed by atoms with Crippen LogP contribution in [0.1, 0.15) is 29.5 Å². The van der Waals surface area contributed by atoms with Crippen molar-refractivity contribution in [1.82, 2.24) is 15.3 Å². The van der Waals surface area contributed by atoms with Gasteiger partial charge in [-0.05, 0) is 19.1 Å². The molecule has 0 amide bonds. The van der Waals surface area contributed by atoms with Crippen LogP contribution in [0.15, 0.2) is 36.5 Å². The van der Waals surface area contributed by atoms with Gasteiger partial charge in [0.05, 0.1) is 12.3 Å². The number of fused-ring (bicyclic) bond motifs is 1. The van der Waals surface area contributed by atoms with Crippen LogP contribution in [0.4, 0.5) is 0 Å². The monoisotopic (exact) mass is 255 g/mol. The lowest BCUT2D eigenvalue weighted by atomic mass is 10.0. The Morgan fingerprint density at radius 3 is 3.11 bits per heavy atom. The number of nitrogens with zero attached hydrogens (tertiary/aromatic N) is 2. The van der Waals surface area contributed by atoms with Crippen LogP contribution < -0.4 is 10.1 Å². The zero-order valence-electron chi connectivity index (χ0n) is 11.0. The Bertz CT molecular complexity index is 571. The smallest absolute Gasteiger partial charge is 0.125 e. The Hall–Kier alpha value is -1.94. The molecule has 0 aliphatic carbocycles. The molecule has 2 heterocycles. The van der Waals surface area contributed by atoms with Crippen LogP contribution in [0.5, 0.6) is 5.75 Å². The summed E-state index contributed by atoms with van der Waals surface area (Å²) in [7, 11) is 0.